The van der Waals surface area contributed by atoms with Gasteiger partial charge in [-0.2, -0.15) is 5.10 Å². The van der Waals surface area contributed by atoms with E-state index in [0.717, 1.165) is 54.8 Å². The number of rotatable bonds is 6. The van der Waals surface area contributed by atoms with Gasteiger partial charge in [0.1, 0.15) is 17.1 Å². The molecule has 0 radical (unpaired) electrons. The summed E-state index contributed by atoms with van der Waals surface area (Å²) >= 11 is 0. The summed E-state index contributed by atoms with van der Waals surface area (Å²) < 4.78 is 42.0. The van der Waals surface area contributed by atoms with Gasteiger partial charge >= 0.3 is 0 Å². The summed E-state index contributed by atoms with van der Waals surface area (Å²) in [5, 5.41) is 10.6. The van der Waals surface area contributed by atoms with E-state index in [-0.39, 0.29) is 29.0 Å². The molecule has 3 heterocycles. The van der Waals surface area contributed by atoms with Crippen LogP contribution in [-0.4, -0.2) is 33.4 Å². The highest BCUT2D eigenvalue weighted by Crippen LogP contribution is 2.40. The van der Waals surface area contributed by atoms with Crippen LogP contribution in [0.2, 0.25) is 0 Å². The van der Waals surface area contributed by atoms with Crippen LogP contribution >= 0.6 is 0 Å². The quantitative estimate of drug-likeness (QED) is 0.222. The fourth-order valence-electron chi connectivity index (χ4n) is 5.49. The third-order valence-electron chi connectivity index (χ3n) is 7.68. The Morgan fingerprint density at radius 1 is 1.07 bits per heavy atom. The van der Waals surface area contributed by atoms with E-state index in [4.69, 9.17) is 9.47 Å². The second-order valence-electron chi connectivity index (χ2n) is 10.7. The van der Waals surface area contributed by atoms with Gasteiger partial charge in [-0.25, -0.2) is 8.78 Å². The zero-order valence-electron chi connectivity index (χ0n) is 23.5. The van der Waals surface area contributed by atoms with E-state index in [0.29, 0.717) is 11.4 Å². The molecule has 1 saturated heterocycles. The van der Waals surface area contributed by atoms with Crippen molar-refractivity contribution in [3.05, 3.63) is 112 Å². The van der Waals surface area contributed by atoms with Gasteiger partial charge in [0.05, 0.1) is 17.8 Å². The SMILES string of the molecule is C[C@@H]1CC(c2cc3[nH]ncc3cc2Oc2ccc(NC(=O)c3cccn(-c4ccc(F)cc4)c3=O)cc2F)CCCCO1. The zero-order valence-corrected chi connectivity index (χ0v) is 23.5. The predicted molar refractivity (Wildman–Crippen MR) is 159 cm³/mol. The first-order valence-electron chi connectivity index (χ1n) is 14.2. The van der Waals surface area contributed by atoms with Crippen LogP contribution < -0.4 is 15.6 Å². The Hall–Kier alpha value is -4.83. The summed E-state index contributed by atoms with van der Waals surface area (Å²) in [6.07, 6.45) is 7.02. The van der Waals surface area contributed by atoms with E-state index in [2.05, 4.69) is 22.4 Å². The minimum Gasteiger partial charge on any atom is -0.454 e. The second kappa shape index (κ2) is 12.2. The number of amides is 1. The van der Waals surface area contributed by atoms with Crippen molar-refractivity contribution in [1.82, 2.24) is 14.8 Å². The smallest absolute Gasteiger partial charge is 0.267 e. The van der Waals surface area contributed by atoms with Crippen molar-refractivity contribution >= 4 is 22.5 Å². The Balaban J connectivity index is 1.24. The van der Waals surface area contributed by atoms with Crippen LogP contribution in [0.4, 0.5) is 14.5 Å². The lowest BCUT2D eigenvalue weighted by atomic mass is 9.87. The van der Waals surface area contributed by atoms with Gasteiger partial charge in [-0.15, -0.1) is 0 Å². The summed E-state index contributed by atoms with van der Waals surface area (Å²) in [5.74, 6) is -1.14. The molecule has 6 rings (SSSR count). The lowest BCUT2D eigenvalue weighted by molar-refractivity contribution is 0.0425. The molecule has 10 heteroatoms. The van der Waals surface area contributed by atoms with Crippen LogP contribution in [0.5, 0.6) is 11.5 Å². The van der Waals surface area contributed by atoms with Gasteiger partial charge < -0.3 is 14.8 Å². The number of nitrogens with one attached hydrogen (secondary N) is 2. The summed E-state index contributed by atoms with van der Waals surface area (Å²) in [7, 11) is 0. The molecule has 220 valence electrons. The summed E-state index contributed by atoms with van der Waals surface area (Å²) in [4.78, 5) is 26.0. The molecule has 3 aromatic carbocycles. The van der Waals surface area contributed by atoms with E-state index in [1.54, 1.807) is 6.20 Å². The number of ether oxygens (including phenoxy) is 2. The molecular weight excluding hydrogens is 554 g/mol. The first kappa shape index (κ1) is 28.3. The second-order valence-corrected chi connectivity index (χ2v) is 10.7. The van der Waals surface area contributed by atoms with Gasteiger partial charge in [0.25, 0.3) is 11.5 Å². The Bertz CT molecular complexity index is 1830. The fourth-order valence-corrected chi connectivity index (χ4v) is 5.49. The largest absolute Gasteiger partial charge is 0.454 e. The lowest BCUT2D eigenvalue weighted by Gasteiger charge is -2.26. The molecule has 0 aliphatic carbocycles. The number of fused-ring (bicyclic) bond motifs is 1. The van der Waals surface area contributed by atoms with Crippen molar-refractivity contribution in [2.75, 3.05) is 11.9 Å². The minimum atomic E-state index is -0.706. The van der Waals surface area contributed by atoms with Gasteiger partial charge in [0.2, 0.25) is 0 Å². The molecular formula is C33H30F2N4O4. The van der Waals surface area contributed by atoms with Crippen molar-refractivity contribution in [2.45, 2.75) is 44.6 Å². The number of carbonyl (C=O) groups excluding carboxylic acids is 1. The molecule has 0 spiro atoms. The zero-order chi connectivity index (χ0) is 29.9. The molecule has 1 aliphatic rings. The first-order valence-corrected chi connectivity index (χ1v) is 14.2. The fraction of sp³-hybridized carbons (Fsp3) is 0.242. The molecule has 2 atom stereocenters. The predicted octanol–water partition coefficient (Wildman–Crippen LogP) is 7.10. The maximum absolute atomic E-state index is 15.4. The van der Waals surface area contributed by atoms with Crippen LogP contribution in [0.15, 0.2) is 83.9 Å². The number of halogens is 2. The molecule has 43 heavy (non-hydrogen) atoms. The molecule has 2 N–H and O–H groups in total. The number of anilines is 1. The third kappa shape index (κ3) is 6.19. The number of hydrogen-bond donors (Lipinski definition) is 2. The van der Waals surface area contributed by atoms with Crippen LogP contribution in [0, 0.1) is 11.6 Å². The van der Waals surface area contributed by atoms with E-state index in [9.17, 15) is 14.0 Å². The minimum absolute atomic E-state index is 0.00406. The van der Waals surface area contributed by atoms with Crippen LogP contribution in [0.25, 0.3) is 16.6 Å². The average Bonchev–Trinajstić information content (AvgIpc) is 3.44. The average molecular weight is 585 g/mol. The first-order chi connectivity index (χ1) is 20.9. The molecule has 2 aromatic heterocycles. The highest BCUT2D eigenvalue weighted by atomic mass is 19.1. The van der Waals surface area contributed by atoms with E-state index in [1.165, 1.54) is 59.3 Å². The van der Waals surface area contributed by atoms with E-state index < -0.39 is 23.1 Å². The normalized spacial score (nSPS) is 17.3. The number of H-pyrrole nitrogens is 1. The molecule has 8 nitrogen and oxygen atoms in total. The van der Waals surface area contributed by atoms with Gasteiger partial charge in [-0.1, -0.05) is 6.42 Å². The van der Waals surface area contributed by atoms with Crippen molar-refractivity contribution in [3.63, 3.8) is 0 Å². The maximum atomic E-state index is 15.4. The van der Waals surface area contributed by atoms with Crippen molar-refractivity contribution < 1.29 is 23.0 Å². The van der Waals surface area contributed by atoms with Gasteiger partial charge in [0.15, 0.2) is 11.6 Å². The Morgan fingerprint density at radius 3 is 2.72 bits per heavy atom. The molecule has 5 aromatic rings. The van der Waals surface area contributed by atoms with Gasteiger partial charge in [0, 0.05) is 41.2 Å². The summed E-state index contributed by atoms with van der Waals surface area (Å²) in [6, 6.07) is 16.2. The Kier molecular flexibility index (Phi) is 8.02. The van der Waals surface area contributed by atoms with Gasteiger partial charge in [-0.05, 0) is 92.8 Å². The Labute approximate surface area is 246 Å². The Morgan fingerprint density at radius 2 is 1.91 bits per heavy atom. The van der Waals surface area contributed by atoms with E-state index in [1.807, 2.05) is 12.1 Å². The molecule has 1 aliphatic heterocycles. The highest BCUT2D eigenvalue weighted by molar-refractivity contribution is 6.04. The van der Waals surface area contributed by atoms with Crippen molar-refractivity contribution in [2.24, 2.45) is 0 Å². The molecule has 1 amide bonds. The van der Waals surface area contributed by atoms with Crippen LogP contribution in [0.1, 0.15) is 54.4 Å². The number of pyridine rings is 1. The monoisotopic (exact) mass is 584 g/mol. The standard InChI is InChI=1S/C33H30F2N4O4/c1-20-15-21(5-2-3-14-42-20)27-18-29-22(19-36-38-29)16-31(27)43-30-12-9-24(17-28(30)35)37-32(40)26-6-4-13-39(33(26)41)25-10-7-23(34)8-11-25/h4,6-13,16-21H,2-3,5,14-15H2,1H3,(H,36,38)(H,37,40)/t20-,21?/m1/s1. The number of aromatic amines is 1. The van der Waals surface area contributed by atoms with Gasteiger partial charge in [-0.3, -0.25) is 19.3 Å². The number of aromatic nitrogens is 3. The lowest BCUT2D eigenvalue weighted by Crippen LogP contribution is -2.27. The maximum Gasteiger partial charge on any atom is 0.267 e. The molecule has 0 saturated carbocycles. The summed E-state index contributed by atoms with van der Waals surface area (Å²) in [5.41, 5.74) is 1.64. The van der Waals surface area contributed by atoms with Crippen LogP contribution in [-0.2, 0) is 4.74 Å². The van der Waals surface area contributed by atoms with Crippen LogP contribution in [0.3, 0.4) is 0 Å². The molecule has 1 unspecified atom stereocenters. The molecule has 0 bridgehead atoms. The molecule has 1 fully saturated rings. The highest BCUT2D eigenvalue weighted by Gasteiger charge is 2.23. The van der Waals surface area contributed by atoms with E-state index >= 15 is 4.39 Å². The number of nitrogens with zero attached hydrogens (tertiary/aromatic N) is 2. The van der Waals surface area contributed by atoms with Crippen molar-refractivity contribution in [3.8, 4) is 17.2 Å². The number of carbonyl (C=O) groups is 1. The third-order valence-corrected chi connectivity index (χ3v) is 7.68. The topological polar surface area (TPSA) is 98.2 Å². The van der Waals surface area contributed by atoms with Crippen molar-refractivity contribution in [1.29, 1.82) is 0 Å². The summed E-state index contributed by atoms with van der Waals surface area (Å²) in [6.45, 7) is 2.81. The number of benzene rings is 3. The number of hydrogen-bond acceptors (Lipinski definition) is 5.